The summed E-state index contributed by atoms with van der Waals surface area (Å²) in [5.74, 6) is 0.810. The molecule has 4 rings (SSSR count). The molecule has 0 aliphatic heterocycles. The van der Waals surface area contributed by atoms with Crippen LogP contribution in [-0.4, -0.2) is 15.5 Å². The maximum absolute atomic E-state index is 12.5. The lowest BCUT2D eigenvalue weighted by atomic mass is 10.1. The highest BCUT2D eigenvalue weighted by atomic mass is 16.1. The molecule has 0 aliphatic rings. The quantitative estimate of drug-likeness (QED) is 0.598. The number of imidazole rings is 1. The van der Waals surface area contributed by atoms with E-state index < -0.39 is 0 Å². The summed E-state index contributed by atoms with van der Waals surface area (Å²) in [5.41, 5.74) is 2.42. The second kappa shape index (κ2) is 6.24. The average Bonchev–Trinajstić information content (AvgIpc) is 3.08. The van der Waals surface area contributed by atoms with Crippen molar-refractivity contribution < 1.29 is 4.79 Å². The summed E-state index contributed by atoms with van der Waals surface area (Å²) in [7, 11) is 0. The Labute approximate surface area is 145 Å². The summed E-state index contributed by atoms with van der Waals surface area (Å²) in [5, 5.41) is 5.13. The first-order chi connectivity index (χ1) is 12.2. The maximum Gasteiger partial charge on any atom is 0.255 e. The third kappa shape index (κ3) is 3.02. The number of amides is 1. The largest absolute Gasteiger partial charge is 0.322 e. The van der Waals surface area contributed by atoms with Gasteiger partial charge in [0.05, 0.1) is 0 Å². The van der Waals surface area contributed by atoms with E-state index in [0.29, 0.717) is 5.56 Å². The zero-order valence-corrected chi connectivity index (χ0v) is 13.8. The van der Waals surface area contributed by atoms with Crippen molar-refractivity contribution in [3.8, 4) is 5.69 Å². The van der Waals surface area contributed by atoms with Crippen molar-refractivity contribution in [2.45, 2.75) is 6.92 Å². The number of carbonyl (C=O) groups is 1. The standard InChI is InChI=1S/C21H17N3O/c1-15-22-12-13-24(15)20-10-8-19(9-11-20)23-21(25)18-7-6-16-4-2-3-5-17(16)14-18/h2-14H,1H3,(H,23,25). The summed E-state index contributed by atoms with van der Waals surface area (Å²) in [6.45, 7) is 1.95. The van der Waals surface area contributed by atoms with Gasteiger partial charge in [-0.2, -0.15) is 0 Å². The topological polar surface area (TPSA) is 46.9 Å². The van der Waals surface area contributed by atoms with E-state index in [1.165, 1.54) is 0 Å². The Balaban J connectivity index is 1.54. The van der Waals surface area contributed by atoms with Crippen molar-refractivity contribution in [3.63, 3.8) is 0 Å². The zero-order chi connectivity index (χ0) is 17.2. The Hall–Kier alpha value is -3.40. The SMILES string of the molecule is Cc1nccn1-c1ccc(NC(=O)c2ccc3ccccc3c2)cc1. The molecule has 0 aliphatic carbocycles. The second-order valence-corrected chi connectivity index (χ2v) is 5.91. The van der Waals surface area contributed by atoms with Gasteiger partial charge in [-0.25, -0.2) is 4.98 Å². The number of hydrogen-bond acceptors (Lipinski definition) is 2. The van der Waals surface area contributed by atoms with Crippen molar-refractivity contribution in [3.05, 3.63) is 90.5 Å². The number of hydrogen-bond donors (Lipinski definition) is 1. The molecule has 0 fully saturated rings. The van der Waals surface area contributed by atoms with Crippen LogP contribution in [0.3, 0.4) is 0 Å². The van der Waals surface area contributed by atoms with Crippen LogP contribution >= 0.6 is 0 Å². The van der Waals surface area contributed by atoms with Crippen molar-refractivity contribution in [2.24, 2.45) is 0 Å². The molecule has 4 heteroatoms. The first-order valence-electron chi connectivity index (χ1n) is 8.11. The fourth-order valence-corrected chi connectivity index (χ4v) is 2.89. The molecule has 0 atom stereocenters. The van der Waals surface area contributed by atoms with Crippen LogP contribution in [0, 0.1) is 6.92 Å². The molecule has 3 aromatic carbocycles. The number of carbonyl (C=O) groups excluding carboxylic acids is 1. The number of anilines is 1. The molecular weight excluding hydrogens is 310 g/mol. The molecule has 0 saturated heterocycles. The second-order valence-electron chi connectivity index (χ2n) is 5.91. The lowest BCUT2D eigenvalue weighted by Gasteiger charge is -2.09. The monoisotopic (exact) mass is 327 g/mol. The van der Waals surface area contributed by atoms with Gasteiger partial charge in [-0.1, -0.05) is 30.3 Å². The third-order valence-corrected chi connectivity index (χ3v) is 4.24. The number of benzene rings is 3. The van der Waals surface area contributed by atoms with Gasteiger partial charge in [-0.15, -0.1) is 0 Å². The van der Waals surface area contributed by atoms with Crippen LogP contribution < -0.4 is 5.32 Å². The van der Waals surface area contributed by atoms with Gasteiger partial charge in [0.15, 0.2) is 0 Å². The Morgan fingerprint density at radius 3 is 2.44 bits per heavy atom. The molecule has 0 bridgehead atoms. The minimum atomic E-state index is -0.114. The van der Waals surface area contributed by atoms with E-state index in [-0.39, 0.29) is 5.91 Å². The first kappa shape index (κ1) is 15.1. The Morgan fingerprint density at radius 2 is 1.72 bits per heavy atom. The number of aryl methyl sites for hydroxylation is 1. The van der Waals surface area contributed by atoms with Gasteiger partial charge < -0.3 is 9.88 Å². The number of nitrogens with zero attached hydrogens (tertiary/aromatic N) is 2. The predicted octanol–water partition coefficient (Wildman–Crippen LogP) is 4.59. The molecule has 1 amide bonds. The smallest absolute Gasteiger partial charge is 0.255 e. The molecule has 4 aromatic rings. The third-order valence-electron chi connectivity index (χ3n) is 4.24. The highest BCUT2D eigenvalue weighted by Crippen LogP contribution is 2.18. The number of aromatic nitrogens is 2. The van der Waals surface area contributed by atoms with Gasteiger partial charge in [0.1, 0.15) is 5.82 Å². The van der Waals surface area contributed by atoms with Crippen molar-refractivity contribution in [1.29, 1.82) is 0 Å². The molecule has 0 spiro atoms. The van der Waals surface area contributed by atoms with Gasteiger partial charge >= 0.3 is 0 Å². The molecule has 1 aromatic heterocycles. The first-order valence-corrected chi connectivity index (χ1v) is 8.11. The van der Waals surface area contributed by atoms with E-state index in [9.17, 15) is 4.79 Å². The molecule has 25 heavy (non-hydrogen) atoms. The van der Waals surface area contributed by atoms with Crippen LogP contribution in [0.25, 0.3) is 16.5 Å². The van der Waals surface area contributed by atoms with E-state index in [2.05, 4.69) is 10.3 Å². The predicted molar refractivity (Wildman–Crippen MR) is 100 cm³/mol. The maximum atomic E-state index is 12.5. The van der Waals surface area contributed by atoms with E-state index in [1.807, 2.05) is 84.4 Å². The fraction of sp³-hybridized carbons (Fsp3) is 0.0476. The van der Waals surface area contributed by atoms with Crippen LogP contribution in [0.4, 0.5) is 5.69 Å². The molecular formula is C21H17N3O. The average molecular weight is 327 g/mol. The summed E-state index contributed by atoms with van der Waals surface area (Å²) in [6, 6.07) is 21.5. The molecule has 122 valence electrons. The van der Waals surface area contributed by atoms with E-state index in [4.69, 9.17) is 0 Å². The lowest BCUT2D eigenvalue weighted by Crippen LogP contribution is -2.11. The van der Waals surface area contributed by atoms with Crippen LogP contribution in [0.1, 0.15) is 16.2 Å². The van der Waals surface area contributed by atoms with Crippen LogP contribution in [0.5, 0.6) is 0 Å². The van der Waals surface area contributed by atoms with Gasteiger partial charge in [-0.3, -0.25) is 4.79 Å². The minimum absolute atomic E-state index is 0.114. The van der Waals surface area contributed by atoms with Crippen molar-refractivity contribution in [2.75, 3.05) is 5.32 Å². The summed E-state index contributed by atoms with van der Waals surface area (Å²) in [6.07, 6.45) is 3.68. The molecule has 0 saturated carbocycles. The summed E-state index contributed by atoms with van der Waals surface area (Å²) >= 11 is 0. The highest BCUT2D eigenvalue weighted by Gasteiger charge is 2.07. The van der Waals surface area contributed by atoms with E-state index in [0.717, 1.165) is 28.0 Å². The number of fused-ring (bicyclic) bond motifs is 1. The number of rotatable bonds is 3. The molecule has 1 heterocycles. The minimum Gasteiger partial charge on any atom is -0.322 e. The Morgan fingerprint density at radius 1 is 0.960 bits per heavy atom. The normalized spacial score (nSPS) is 10.8. The van der Waals surface area contributed by atoms with Crippen molar-refractivity contribution >= 4 is 22.4 Å². The van der Waals surface area contributed by atoms with Gasteiger partial charge in [-0.05, 0) is 54.1 Å². The molecule has 0 unspecified atom stereocenters. The molecule has 4 nitrogen and oxygen atoms in total. The highest BCUT2D eigenvalue weighted by molar-refractivity contribution is 6.06. The van der Waals surface area contributed by atoms with Crippen LogP contribution in [-0.2, 0) is 0 Å². The Kier molecular flexibility index (Phi) is 3.78. The van der Waals surface area contributed by atoms with Gasteiger partial charge in [0, 0.05) is 29.3 Å². The van der Waals surface area contributed by atoms with E-state index in [1.54, 1.807) is 6.20 Å². The van der Waals surface area contributed by atoms with Crippen LogP contribution in [0.2, 0.25) is 0 Å². The zero-order valence-electron chi connectivity index (χ0n) is 13.8. The van der Waals surface area contributed by atoms with Gasteiger partial charge in [0.25, 0.3) is 5.91 Å². The van der Waals surface area contributed by atoms with Gasteiger partial charge in [0.2, 0.25) is 0 Å². The lowest BCUT2D eigenvalue weighted by molar-refractivity contribution is 0.102. The Bertz CT molecular complexity index is 1050. The summed E-state index contributed by atoms with van der Waals surface area (Å²) < 4.78 is 1.99. The van der Waals surface area contributed by atoms with Crippen molar-refractivity contribution in [1.82, 2.24) is 9.55 Å². The molecule has 0 radical (unpaired) electrons. The van der Waals surface area contributed by atoms with Crippen LogP contribution in [0.15, 0.2) is 79.1 Å². The number of nitrogens with one attached hydrogen (secondary N) is 1. The fourth-order valence-electron chi connectivity index (χ4n) is 2.89. The summed E-state index contributed by atoms with van der Waals surface area (Å²) in [4.78, 5) is 16.7. The van der Waals surface area contributed by atoms with E-state index >= 15 is 0 Å². The molecule has 1 N–H and O–H groups in total.